The van der Waals surface area contributed by atoms with E-state index in [1.54, 1.807) is 18.2 Å². The van der Waals surface area contributed by atoms with Crippen LogP contribution in [0, 0.1) is 0 Å². The average Bonchev–Trinajstić information content (AvgIpc) is 3.16. The van der Waals surface area contributed by atoms with E-state index in [1.165, 1.54) is 5.69 Å². The molecule has 1 aromatic carbocycles. The third kappa shape index (κ3) is 5.34. The molecule has 7 nitrogen and oxygen atoms in total. The lowest BCUT2D eigenvalue weighted by Crippen LogP contribution is -2.48. The zero-order chi connectivity index (χ0) is 21.5. The molecule has 1 atom stereocenters. The van der Waals surface area contributed by atoms with Gasteiger partial charge in [-0.1, -0.05) is 0 Å². The molecule has 30 heavy (non-hydrogen) atoms. The maximum absolute atomic E-state index is 12.9. The largest absolute Gasteiger partial charge is 0.490 e. The van der Waals surface area contributed by atoms with E-state index in [9.17, 15) is 4.79 Å². The van der Waals surface area contributed by atoms with Crippen LogP contribution < -0.4 is 14.8 Å². The monoisotopic (exact) mass is 414 g/mol. The minimum absolute atomic E-state index is 0.104. The van der Waals surface area contributed by atoms with Crippen molar-refractivity contribution in [2.24, 2.45) is 7.05 Å². The van der Waals surface area contributed by atoms with Crippen LogP contribution in [0.3, 0.4) is 0 Å². The second-order valence-corrected chi connectivity index (χ2v) is 7.64. The maximum atomic E-state index is 12.9. The molecule has 2 aromatic rings. The van der Waals surface area contributed by atoms with E-state index in [1.807, 2.05) is 13.8 Å². The number of hydrogen-bond donors (Lipinski definition) is 1. The first-order valence-electron chi connectivity index (χ1n) is 10.7. The molecule has 3 rings (SSSR count). The summed E-state index contributed by atoms with van der Waals surface area (Å²) in [5.41, 5.74) is 1.78. The summed E-state index contributed by atoms with van der Waals surface area (Å²) in [6.45, 7) is 9.51. The molecule has 0 saturated carbocycles. The van der Waals surface area contributed by atoms with Gasteiger partial charge in [-0.15, -0.1) is 0 Å². The van der Waals surface area contributed by atoms with Gasteiger partial charge in [0.25, 0.3) is 5.91 Å². The summed E-state index contributed by atoms with van der Waals surface area (Å²) < 4.78 is 13.4. The number of carbonyl (C=O) groups excluding carboxylic acids is 1. The Hall–Kier alpha value is -2.51. The summed E-state index contributed by atoms with van der Waals surface area (Å²) in [7, 11) is 4.21. The van der Waals surface area contributed by atoms with Crippen LogP contribution in [0.15, 0.2) is 36.5 Å². The Bertz CT molecular complexity index is 828. The molecular weight excluding hydrogens is 380 g/mol. The van der Waals surface area contributed by atoms with Gasteiger partial charge in [0.15, 0.2) is 11.5 Å². The van der Waals surface area contributed by atoms with Crippen LogP contribution in [-0.4, -0.2) is 73.3 Å². The minimum atomic E-state index is -0.104. The summed E-state index contributed by atoms with van der Waals surface area (Å²) in [6.07, 6.45) is 2.06. The molecule has 7 heteroatoms. The molecule has 1 amide bonds. The van der Waals surface area contributed by atoms with Crippen LogP contribution >= 0.6 is 0 Å². The van der Waals surface area contributed by atoms with Gasteiger partial charge in [0.1, 0.15) is 0 Å². The van der Waals surface area contributed by atoms with Gasteiger partial charge < -0.3 is 24.3 Å². The Labute approximate surface area is 179 Å². The van der Waals surface area contributed by atoms with Crippen molar-refractivity contribution in [2.75, 3.05) is 53.0 Å². The lowest BCUT2D eigenvalue weighted by molar-refractivity contribution is 0.0876. The normalized spacial score (nSPS) is 16.3. The van der Waals surface area contributed by atoms with E-state index in [4.69, 9.17) is 9.47 Å². The standard InChI is InChI=1S/C23H34N4O3/c1-5-29-21-10-9-18(16-22(21)30-6-2)23(28)24-17-20(19-8-7-11-26(19)4)27-14-12-25(3)13-15-27/h7-11,16,20H,5-6,12-15,17H2,1-4H3,(H,24,28). The Morgan fingerprint density at radius 1 is 1.03 bits per heavy atom. The highest BCUT2D eigenvalue weighted by molar-refractivity contribution is 5.94. The second kappa shape index (κ2) is 10.5. The van der Waals surface area contributed by atoms with Crippen LogP contribution in [0.1, 0.15) is 35.9 Å². The number of nitrogens with zero attached hydrogens (tertiary/aromatic N) is 3. The van der Waals surface area contributed by atoms with Crippen molar-refractivity contribution in [1.29, 1.82) is 0 Å². The summed E-state index contributed by atoms with van der Waals surface area (Å²) in [5.74, 6) is 1.16. The summed E-state index contributed by atoms with van der Waals surface area (Å²) in [5, 5.41) is 3.14. The van der Waals surface area contributed by atoms with Crippen molar-refractivity contribution < 1.29 is 14.3 Å². The van der Waals surface area contributed by atoms with E-state index in [2.05, 4.69) is 52.1 Å². The van der Waals surface area contributed by atoms with Crippen LogP contribution in [0.2, 0.25) is 0 Å². The zero-order valence-electron chi connectivity index (χ0n) is 18.6. The summed E-state index contributed by atoms with van der Waals surface area (Å²) in [4.78, 5) is 17.7. The fraction of sp³-hybridized carbons (Fsp3) is 0.522. The molecule has 0 bridgehead atoms. The van der Waals surface area contributed by atoms with E-state index in [0.717, 1.165) is 26.2 Å². The quantitative estimate of drug-likeness (QED) is 0.683. The van der Waals surface area contributed by atoms with Crippen molar-refractivity contribution in [3.05, 3.63) is 47.8 Å². The highest BCUT2D eigenvalue weighted by Crippen LogP contribution is 2.29. The highest BCUT2D eigenvalue weighted by Gasteiger charge is 2.26. The third-order valence-electron chi connectivity index (χ3n) is 5.57. The first-order chi connectivity index (χ1) is 14.5. The second-order valence-electron chi connectivity index (χ2n) is 7.64. The Morgan fingerprint density at radius 3 is 2.37 bits per heavy atom. The maximum Gasteiger partial charge on any atom is 0.251 e. The Balaban J connectivity index is 1.72. The van der Waals surface area contributed by atoms with Crippen LogP contribution in [0.4, 0.5) is 0 Å². The number of aryl methyl sites for hydroxylation is 1. The van der Waals surface area contributed by atoms with Crippen molar-refractivity contribution >= 4 is 5.91 Å². The van der Waals surface area contributed by atoms with E-state index < -0.39 is 0 Å². The molecule has 164 valence electrons. The topological polar surface area (TPSA) is 59.0 Å². The van der Waals surface area contributed by atoms with Crippen molar-refractivity contribution in [3.63, 3.8) is 0 Å². The number of ether oxygens (including phenoxy) is 2. The molecule has 1 unspecified atom stereocenters. The predicted molar refractivity (Wildman–Crippen MR) is 118 cm³/mol. The third-order valence-corrected chi connectivity index (χ3v) is 5.57. The lowest BCUT2D eigenvalue weighted by Gasteiger charge is -2.38. The number of hydrogen-bond acceptors (Lipinski definition) is 5. The van der Waals surface area contributed by atoms with E-state index in [0.29, 0.717) is 36.8 Å². The van der Waals surface area contributed by atoms with Gasteiger partial charge >= 0.3 is 0 Å². The molecule has 1 N–H and O–H groups in total. The molecule has 1 aliphatic rings. The van der Waals surface area contributed by atoms with Gasteiger partial charge in [0.05, 0.1) is 19.3 Å². The zero-order valence-corrected chi connectivity index (χ0v) is 18.6. The molecule has 0 radical (unpaired) electrons. The molecular formula is C23H34N4O3. The number of rotatable bonds is 9. The Kier molecular flexibility index (Phi) is 7.76. The fourth-order valence-corrected chi connectivity index (χ4v) is 3.86. The smallest absolute Gasteiger partial charge is 0.251 e. The van der Waals surface area contributed by atoms with Crippen molar-refractivity contribution in [3.8, 4) is 11.5 Å². The number of likely N-dealkylation sites (N-methyl/N-ethyl adjacent to an activating group) is 1. The molecule has 2 heterocycles. The van der Waals surface area contributed by atoms with Gasteiger partial charge in [0.2, 0.25) is 0 Å². The SMILES string of the molecule is CCOc1ccc(C(=O)NCC(c2cccn2C)N2CCN(C)CC2)cc1OCC. The molecule has 1 aromatic heterocycles. The number of amides is 1. The van der Waals surface area contributed by atoms with Gasteiger partial charge in [-0.25, -0.2) is 0 Å². The number of benzene rings is 1. The summed E-state index contributed by atoms with van der Waals surface area (Å²) >= 11 is 0. The fourth-order valence-electron chi connectivity index (χ4n) is 3.86. The molecule has 1 saturated heterocycles. The first-order valence-corrected chi connectivity index (χ1v) is 10.7. The average molecular weight is 415 g/mol. The lowest BCUT2D eigenvalue weighted by atomic mass is 10.1. The minimum Gasteiger partial charge on any atom is -0.490 e. The highest BCUT2D eigenvalue weighted by atomic mass is 16.5. The molecule has 1 fully saturated rings. The number of piperazine rings is 1. The first kappa shape index (κ1) is 22.2. The molecule has 0 aliphatic carbocycles. The van der Waals surface area contributed by atoms with Crippen LogP contribution in [0.5, 0.6) is 11.5 Å². The predicted octanol–water partition coefficient (Wildman–Crippen LogP) is 2.54. The van der Waals surface area contributed by atoms with Crippen LogP contribution in [0.25, 0.3) is 0 Å². The summed E-state index contributed by atoms with van der Waals surface area (Å²) in [6, 6.07) is 9.68. The van der Waals surface area contributed by atoms with Gasteiger partial charge in [-0.05, 0) is 51.2 Å². The number of carbonyl (C=O) groups is 1. The number of nitrogens with one attached hydrogen (secondary N) is 1. The van der Waals surface area contributed by atoms with Crippen LogP contribution in [-0.2, 0) is 7.05 Å². The van der Waals surface area contributed by atoms with Crippen molar-refractivity contribution in [1.82, 2.24) is 19.7 Å². The Morgan fingerprint density at radius 2 is 1.73 bits per heavy atom. The van der Waals surface area contributed by atoms with E-state index in [-0.39, 0.29) is 11.9 Å². The van der Waals surface area contributed by atoms with Gasteiger partial charge in [-0.2, -0.15) is 0 Å². The van der Waals surface area contributed by atoms with Crippen molar-refractivity contribution in [2.45, 2.75) is 19.9 Å². The number of aromatic nitrogens is 1. The van der Waals surface area contributed by atoms with E-state index >= 15 is 0 Å². The molecule has 1 aliphatic heterocycles. The van der Waals surface area contributed by atoms with Gasteiger partial charge in [-0.3, -0.25) is 9.69 Å². The molecule has 0 spiro atoms. The van der Waals surface area contributed by atoms with Gasteiger partial charge in [0, 0.05) is 57.2 Å².